The van der Waals surface area contributed by atoms with Gasteiger partial charge in [0.25, 0.3) is 0 Å². The highest BCUT2D eigenvalue weighted by molar-refractivity contribution is 5.28. The summed E-state index contributed by atoms with van der Waals surface area (Å²) in [5.41, 5.74) is 4.37. The minimum atomic E-state index is 0.754. The molecule has 3 aromatic heterocycles. The standard InChI is InChI=1S/C17H15N3/c1-3-9-18-15(7-1)12-14-6-5-11-20-17(14)13-16-8-2-4-10-19-16/h1-11H,12-13H2. The van der Waals surface area contributed by atoms with Gasteiger partial charge in [-0.25, -0.2) is 0 Å². The molecular weight excluding hydrogens is 246 g/mol. The van der Waals surface area contributed by atoms with Gasteiger partial charge in [-0.15, -0.1) is 0 Å². The van der Waals surface area contributed by atoms with Crippen molar-refractivity contribution in [2.45, 2.75) is 12.8 Å². The van der Waals surface area contributed by atoms with Crippen LogP contribution in [0.4, 0.5) is 0 Å². The summed E-state index contributed by atoms with van der Waals surface area (Å²) in [4.78, 5) is 13.2. The van der Waals surface area contributed by atoms with Crippen molar-refractivity contribution in [3.8, 4) is 0 Å². The molecule has 20 heavy (non-hydrogen) atoms. The van der Waals surface area contributed by atoms with E-state index in [0.717, 1.165) is 29.9 Å². The highest BCUT2D eigenvalue weighted by Gasteiger charge is 2.06. The molecule has 3 nitrogen and oxygen atoms in total. The molecule has 0 bridgehead atoms. The van der Waals surface area contributed by atoms with Crippen molar-refractivity contribution in [3.63, 3.8) is 0 Å². The lowest BCUT2D eigenvalue weighted by Crippen LogP contribution is -2.02. The molecule has 0 spiro atoms. The van der Waals surface area contributed by atoms with E-state index in [1.807, 2.05) is 61.1 Å². The van der Waals surface area contributed by atoms with Crippen LogP contribution in [0.5, 0.6) is 0 Å². The van der Waals surface area contributed by atoms with Gasteiger partial charge in [-0.1, -0.05) is 18.2 Å². The third-order valence-electron chi connectivity index (χ3n) is 3.16. The largest absolute Gasteiger partial charge is 0.261 e. The van der Waals surface area contributed by atoms with Crippen LogP contribution in [0.15, 0.2) is 67.1 Å². The quantitative estimate of drug-likeness (QED) is 0.724. The highest BCUT2D eigenvalue weighted by atomic mass is 14.7. The summed E-state index contributed by atoms with van der Waals surface area (Å²) in [6.07, 6.45) is 7.03. The summed E-state index contributed by atoms with van der Waals surface area (Å²) in [5.74, 6) is 0. The highest BCUT2D eigenvalue weighted by Crippen LogP contribution is 2.14. The van der Waals surface area contributed by atoms with Gasteiger partial charge in [0.2, 0.25) is 0 Å². The Morgan fingerprint density at radius 3 is 1.90 bits per heavy atom. The summed E-state index contributed by atoms with van der Waals surface area (Å²) in [7, 11) is 0. The van der Waals surface area contributed by atoms with E-state index < -0.39 is 0 Å². The third kappa shape index (κ3) is 3.06. The molecule has 3 heteroatoms. The molecule has 0 fully saturated rings. The molecule has 0 aromatic carbocycles. The molecule has 3 aromatic rings. The van der Waals surface area contributed by atoms with E-state index in [1.54, 1.807) is 0 Å². The van der Waals surface area contributed by atoms with Crippen molar-refractivity contribution in [2.75, 3.05) is 0 Å². The van der Waals surface area contributed by atoms with E-state index in [-0.39, 0.29) is 0 Å². The van der Waals surface area contributed by atoms with Crippen molar-refractivity contribution in [1.29, 1.82) is 0 Å². The molecule has 0 aliphatic carbocycles. The molecular formula is C17H15N3. The maximum atomic E-state index is 4.50. The van der Waals surface area contributed by atoms with E-state index in [2.05, 4.69) is 21.0 Å². The van der Waals surface area contributed by atoms with Gasteiger partial charge in [0.15, 0.2) is 0 Å². The second kappa shape index (κ2) is 6.06. The summed E-state index contributed by atoms with van der Waals surface area (Å²) in [6.45, 7) is 0. The van der Waals surface area contributed by atoms with E-state index in [1.165, 1.54) is 5.56 Å². The lowest BCUT2D eigenvalue weighted by molar-refractivity contribution is 0.954. The van der Waals surface area contributed by atoms with Crippen molar-refractivity contribution < 1.29 is 0 Å². The second-order valence-electron chi connectivity index (χ2n) is 4.60. The Bertz CT molecular complexity index is 606. The van der Waals surface area contributed by atoms with Crippen molar-refractivity contribution in [1.82, 2.24) is 15.0 Å². The Kier molecular flexibility index (Phi) is 3.78. The van der Waals surface area contributed by atoms with Crippen LogP contribution in [0.2, 0.25) is 0 Å². The fraction of sp³-hybridized carbons (Fsp3) is 0.118. The Hall–Kier alpha value is -2.55. The number of nitrogens with zero attached hydrogens (tertiary/aromatic N) is 3. The van der Waals surface area contributed by atoms with Crippen LogP contribution in [-0.2, 0) is 12.8 Å². The molecule has 0 unspecified atom stereocenters. The molecule has 0 saturated carbocycles. The fourth-order valence-corrected chi connectivity index (χ4v) is 2.16. The van der Waals surface area contributed by atoms with Crippen molar-refractivity contribution in [2.24, 2.45) is 0 Å². The van der Waals surface area contributed by atoms with E-state index in [4.69, 9.17) is 0 Å². The maximum absolute atomic E-state index is 4.50. The van der Waals surface area contributed by atoms with E-state index >= 15 is 0 Å². The predicted molar refractivity (Wildman–Crippen MR) is 78.3 cm³/mol. The van der Waals surface area contributed by atoms with E-state index in [9.17, 15) is 0 Å². The SMILES string of the molecule is c1ccc(Cc2cccnc2Cc2ccccn2)nc1. The van der Waals surface area contributed by atoms with Crippen LogP contribution in [0.1, 0.15) is 22.6 Å². The molecule has 0 aliphatic heterocycles. The average Bonchev–Trinajstić information content (AvgIpc) is 2.51. The maximum Gasteiger partial charge on any atom is 0.0499 e. The molecule has 0 amide bonds. The van der Waals surface area contributed by atoms with Gasteiger partial charge in [0.1, 0.15) is 0 Å². The molecule has 0 atom stereocenters. The summed E-state index contributed by atoms with van der Waals surface area (Å²) >= 11 is 0. The van der Waals surface area contributed by atoms with Crippen LogP contribution < -0.4 is 0 Å². The number of aromatic nitrogens is 3. The Morgan fingerprint density at radius 2 is 1.25 bits per heavy atom. The Labute approximate surface area is 118 Å². The van der Waals surface area contributed by atoms with E-state index in [0.29, 0.717) is 0 Å². The Balaban J connectivity index is 1.85. The topological polar surface area (TPSA) is 38.7 Å². The molecule has 0 aliphatic rings. The average molecular weight is 261 g/mol. The minimum Gasteiger partial charge on any atom is -0.261 e. The first-order valence-corrected chi connectivity index (χ1v) is 6.64. The van der Waals surface area contributed by atoms with Gasteiger partial charge >= 0.3 is 0 Å². The van der Waals surface area contributed by atoms with Gasteiger partial charge in [0, 0.05) is 48.5 Å². The zero-order valence-electron chi connectivity index (χ0n) is 11.1. The van der Waals surface area contributed by atoms with Gasteiger partial charge in [-0.05, 0) is 35.9 Å². The monoisotopic (exact) mass is 261 g/mol. The molecule has 0 saturated heterocycles. The Morgan fingerprint density at radius 1 is 0.600 bits per heavy atom. The summed E-state index contributed by atoms with van der Waals surface area (Å²) in [5, 5.41) is 0. The fourth-order valence-electron chi connectivity index (χ4n) is 2.16. The van der Waals surface area contributed by atoms with Gasteiger partial charge in [0.05, 0.1) is 0 Å². The molecule has 3 rings (SSSR count). The van der Waals surface area contributed by atoms with Crippen LogP contribution in [-0.4, -0.2) is 15.0 Å². The van der Waals surface area contributed by atoms with Crippen molar-refractivity contribution >= 4 is 0 Å². The molecule has 98 valence electrons. The predicted octanol–water partition coefficient (Wildman–Crippen LogP) is 3.05. The van der Waals surface area contributed by atoms with Gasteiger partial charge in [-0.3, -0.25) is 15.0 Å². The minimum absolute atomic E-state index is 0.754. The normalized spacial score (nSPS) is 10.4. The lowest BCUT2D eigenvalue weighted by atomic mass is 10.0. The zero-order chi connectivity index (χ0) is 13.6. The number of hydrogen-bond donors (Lipinski definition) is 0. The van der Waals surface area contributed by atoms with Crippen LogP contribution in [0.3, 0.4) is 0 Å². The molecule has 0 radical (unpaired) electrons. The number of pyridine rings is 3. The van der Waals surface area contributed by atoms with Crippen molar-refractivity contribution in [3.05, 3.63) is 89.8 Å². The van der Waals surface area contributed by atoms with Crippen LogP contribution in [0.25, 0.3) is 0 Å². The summed E-state index contributed by atoms with van der Waals surface area (Å²) in [6, 6.07) is 16.0. The smallest absolute Gasteiger partial charge is 0.0499 e. The van der Waals surface area contributed by atoms with Gasteiger partial charge in [-0.2, -0.15) is 0 Å². The third-order valence-corrected chi connectivity index (χ3v) is 3.16. The first-order chi connectivity index (χ1) is 9.92. The first-order valence-electron chi connectivity index (χ1n) is 6.64. The zero-order valence-corrected chi connectivity index (χ0v) is 11.1. The summed E-state index contributed by atoms with van der Waals surface area (Å²) < 4.78 is 0. The number of rotatable bonds is 4. The first kappa shape index (κ1) is 12.5. The lowest BCUT2D eigenvalue weighted by Gasteiger charge is -2.07. The molecule has 3 heterocycles. The van der Waals surface area contributed by atoms with Gasteiger partial charge < -0.3 is 0 Å². The van der Waals surface area contributed by atoms with Crippen LogP contribution in [0, 0.1) is 0 Å². The van der Waals surface area contributed by atoms with Crippen LogP contribution >= 0.6 is 0 Å². The molecule has 0 N–H and O–H groups in total. The second-order valence-corrected chi connectivity index (χ2v) is 4.60. The number of hydrogen-bond acceptors (Lipinski definition) is 3.